The molecule has 0 spiro atoms. The molecule has 2 heterocycles. The average Bonchev–Trinajstić information content (AvgIpc) is 2.91. The molecule has 1 aliphatic carbocycles. The van der Waals surface area contributed by atoms with Crippen molar-refractivity contribution < 1.29 is 4.79 Å². The Labute approximate surface area is 156 Å². The normalized spacial score (nSPS) is 20.7. The maximum Gasteiger partial charge on any atom is 0.250 e. The third-order valence-corrected chi connectivity index (χ3v) is 6.06. The van der Waals surface area contributed by atoms with Crippen LogP contribution in [0.3, 0.4) is 0 Å². The summed E-state index contributed by atoms with van der Waals surface area (Å²) in [4.78, 5) is 26.5. The number of aryl methyl sites for hydroxylation is 1. The Bertz CT molecular complexity index is 639. The zero-order valence-electron chi connectivity index (χ0n) is 16.1. The zero-order chi connectivity index (χ0) is 18.4. The predicted molar refractivity (Wildman–Crippen MR) is 104 cm³/mol. The molecule has 26 heavy (non-hydrogen) atoms. The van der Waals surface area contributed by atoms with Crippen LogP contribution in [0.2, 0.25) is 0 Å². The molecule has 1 amide bonds. The molecular weight excluding hydrogens is 326 g/mol. The fourth-order valence-electron chi connectivity index (χ4n) is 4.29. The van der Waals surface area contributed by atoms with Crippen molar-refractivity contribution in [3.63, 3.8) is 0 Å². The predicted octanol–water partition coefficient (Wildman–Crippen LogP) is 2.79. The third-order valence-electron chi connectivity index (χ3n) is 6.06. The van der Waals surface area contributed by atoms with Crippen molar-refractivity contribution in [3.05, 3.63) is 34.2 Å². The number of nitrogens with one attached hydrogen (secondary N) is 1. The molecular formula is C21H33N3O2. The van der Waals surface area contributed by atoms with E-state index in [0.717, 1.165) is 45.3 Å². The number of pyridine rings is 1. The first-order valence-corrected chi connectivity index (χ1v) is 10.3. The quantitative estimate of drug-likeness (QED) is 0.823. The number of likely N-dealkylation sites (tertiary alicyclic amines) is 1. The number of aromatic nitrogens is 1. The van der Waals surface area contributed by atoms with E-state index in [1.54, 1.807) is 17.7 Å². The molecule has 1 saturated heterocycles. The maximum atomic E-state index is 12.2. The van der Waals surface area contributed by atoms with Gasteiger partial charge in [-0.25, -0.2) is 0 Å². The van der Waals surface area contributed by atoms with Crippen molar-refractivity contribution in [2.45, 2.75) is 69.7 Å². The smallest absolute Gasteiger partial charge is 0.250 e. The fraction of sp³-hybridized carbons (Fsp3) is 0.714. The highest BCUT2D eigenvalue weighted by Gasteiger charge is 2.22. The summed E-state index contributed by atoms with van der Waals surface area (Å²) in [5.41, 5.74) is 1.24. The number of rotatable bonds is 5. The summed E-state index contributed by atoms with van der Waals surface area (Å²) in [5.74, 6) is 0.686. The lowest BCUT2D eigenvalue weighted by Crippen LogP contribution is -2.39. The fourth-order valence-corrected chi connectivity index (χ4v) is 4.29. The minimum Gasteiger partial charge on any atom is -0.353 e. The van der Waals surface area contributed by atoms with Crippen molar-refractivity contribution in [2.75, 3.05) is 19.6 Å². The van der Waals surface area contributed by atoms with Gasteiger partial charge in [-0.05, 0) is 56.3 Å². The van der Waals surface area contributed by atoms with E-state index in [0.29, 0.717) is 18.4 Å². The lowest BCUT2D eigenvalue weighted by atomic mass is 9.90. The first-order valence-electron chi connectivity index (χ1n) is 10.3. The van der Waals surface area contributed by atoms with Crippen LogP contribution in [0.25, 0.3) is 0 Å². The molecule has 1 aliphatic heterocycles. The molecule has 1 N–H and O–H groups in total. The second-order valence-electron chi connectivity index (χ2n) is 8.03. The summed E-state index contributed by atoms with van der Waals surface area (Å²) < 4.78 is 1.62. The second kappa shape index (κ2) is 9.36. The Morgan fingerprint density at radius 3 is 2.46 bits per heavy atom. The molecule has 1 aromatic heterocycles. The Morgan fingerprint density at radius 1 is 1.12 bits per heavy atom. The van der Waals surface area contributed by atoms with Gasteiger partial charge in [0.25, 0.3) is 5.56 Å². The summed E-state index contributed by atoms with van der Waals surface area (Å²) >= 11 is 0. The maximum absolute atomic E-state index is 12.2. The van der Waals surface area contributed by atoms with Crippen molar-refractivity contribution in [3.8, 4) is 0 Å². The third kappa shape index (κ3) is 5.44. The number of carbonyl (C=O) groups excluding carboxylic acids is 1. The van der Waals surface area contributed by atoms with E-state index in [4.69, 9.17) is 0 Å². The average molecular weight is 360 g/mol. The monoisotopic (exact) mass is 359 g/mol. The Morgan fingerprint density at radius 2 is 1.81 bits per heavy atom. The van der Waals surface area contributed by atoms with Crippen molar-refractivity contribution >= 4 is 5.91 Å². The van der Waals surface area contributed by atoms with Crippen LogP contribution in [-0.4, -0.2) is 41.1 Å². The van der Waals surface area contributed by atoms with E-state index in [1.807, 2.05) is 6.20 Å². The minimum absolute atomic E-state index is 0.0695. The number of hydrogen-bond acceptors (Lipinski definition) is 3. The SMILES string of the molecule is Cn1ccc(C2CCN(CCC(=O)NC3CCCCCC3)CC2)cc1=O. The Balaban J connectivity index is 1.39. The lowest BCUT2D eigenvalue weighted by Gasteiger charge is -2.32. The lowest BCUT2D eigenvalue weighted by molar-refractivity contribution is -0.122. The standard InChI is InChI=1S/C21H33N3O2/c1-23-12-8-18(16-21(23)26)17-9-13-24(14-10-17)15-11-20(25)22-19-6-4-2-3-5-7-19/h8,12,16-17,19H,2-7,9-11,13-15H2,1H3,(H,22,25). The van der Waals surface area contributed by atoms with Gasteiger partial charge >= 0.3 is 0 Å². The summed E-state index contributed by atoms with van der Waals surface area (Å²) in [6, 6.07) is 4.25. The number of carbonyl (C=O) groups is 1. The number of piperidine rings is 1. The molecule has 5 heteroatoms. The van der Waals surface area contributed by atoms with Gasteiger partial charge in [-0.2, -0.15) is 0 Å². The number of amides is 1. The van der Waals surface area contributed by atoms with Gasteiger partial charge in [0.15, 0.2) is 0 Å². The number of nitrogens with zero attached hydrogens (tertiary/aromatic N) is 2. The van der Waals surface area contributed by atoms with E-state index < -0.39 is 0 Å². The molecule has 144 valence electrons. The van der Waals surface area contributed by atoms with Gasteiger partial charge in [-0.1, -0.05) is 25.7 Å². The van der Waals surface area contributed by atoms with Gasteiger partial charge in [0.05, 0.1) is 0 Å². The molecule has 2 aliphatic rings. The minimum atomic E-state index is 0.0695. The van der Waals surface area contributed by atoms with Crippen LogP contribution in [0.4, 0.5) is 0 Å². The molecule has 2 fully saturated rings. The molecule has 0 unspecified atom stereocenters. The van der Waals surface area contributed by atoms with Crippen LogP contribution < -0.4 is 10.9 Å². The van der Waals surface area contributed by atoms with Crippen LogP contribution in [0.5, 0.6) is 0 Å². The van der Waals surface area contributed by atoms with E-state index >= 15 is 0 Å². The van der Waals surface area contributed by atoms with E-state index in [9.17, 15) is 9.59 Å². The summed E-state index contributed by atoms with van der Waals surface area (Å²) in [5, 5.41) is 3.24. The van der Waals surface area contributed by atoms with Gasteiger partial charge in [0.1, 0.15) is 0 Å². The molecule has 1 aromatic rings. The van der Waals surface area contributed by atoms with Crippen molar-refractivity contribution in [1.82, 2.24) is 14.8 Å². The highest BCUT2D eigenvalue weighted by molar-refractivity contribution is 5.76. The van der Waals surface area contributed by atoms with Gasteiger partial charge in [-0.15, -0.1) is 0 Å². The second-order valence-corrected chi connectivity index (χ2v) is 8.03. The summed E-state index contributed by atoms with van der Waals surface area (Å²) in [6.45, 7) is 2.87. The first kappa shape index (κ1) is 19.2. The van der Waals surface area contributed by atoms with E-state index in [-0.39, 0.29) is 11.5 Å². The molecule has 0 radical (unpaired) electrons. The zero-order valence-corrected chi connectivity index (χ0v) is 16.1. The molecule has 0 bridgehead atoms. The van der Waals surface area contributed by atoms with Gasteiger partial charge in [0, 0.05) is 38.3 Å². The largest absolute Gasteiger partial charge is 0.353 e. The highest BCUT2D eigenvalue weighted by atomic mass is 16.1. The number of hydrogen-bond donors (Lipinski definition) is 1. The van der Waals surface area contributed by atoms with E-state index in [1.165, 1.54) is 31.2 Å². The molecule has 0 atom stereocenters. The molecule has 1 saturated carbocycles. The highest BCUT2D eigenvalue weighted by Crippen LogP contribution is 2.27. The molecule has 0 aromatic carbocycles. The van der Waals surface area contributed by atoms with Crippen LogP contribution in [0.1, 0.15) is 69.3 Å². The van der Waals surface area contributed by atoms with Crippen LogP contribution in [0, 0.1) is 0 Å². The van der Waals surface area contributed by atoms with Crippen LogP contribution in [-0.2, 0) is 11.8 Å². The Kier molecular flexibility index (Phi) is 6.89. The van der Waals surface area contributed by atoms with Crippen molar-refractivity contribution in [1.29, 1.82) is 0 Å². The van der Waals surface area contributed by atoms with Crippen LogP contribution in [0.15, 0.2) is 23.1 Å². The van der Waals surface area contributed by atoms with Crippen molar-refractivity contribution in [2.24, 2.45) is 7.05 Å². The van der Waals surface area contributed by atoms with Gasteiger partial charge in [-0.3, -0.25) is 9.59 Å². The first-order chi connectivity index (χ1) is 12.6. The Hall–Kier alpha value is -1.62. The van der Waals surface area contributed by atoms with E-state index in [2.05, 4.69) is 16.3 Å². The molecule has 5 nitrogen and oxygen atoms in total. The summed E-state index contributed by atoms with van der Waals surface area (Å²) in [7, 11) is 1.79. The van der Waals surface area contributed by atoms with Crippen LogP contribution >= 0.6 is 0 Å². The topological polar surface area (TPSA) is 54.3 Å². The summed E-state index contributed by atoms with van der Waals surface area (Å²) in [6.07, 6.45) is 12.0. The van der Waals surface area contributed by atoms with Gasteiger partial charge in [0.2, 0.25) is 5.91 Å². The van der Waals surface area contributed by atoms with Gasteiger partial charge < -0.3 is 14.8 Å². The molecule has 3 rings (SSSR count).